The van der Waals surface area contributed by atoms with Crippen LogP contribution in [0.3, 0.4) is 0 Å². The van der Waals surface area contributed by atoms with Gasteiger partial charge < -0.3 is 14.6 Å². The summed E-state index contributed by atoms with van der Waals surface area (Å²) >= 11 is 0. The van der Waals surface area contributed by atoms with Gasteiger partial charge in [0.25, 0.3) is 0 Å². The van der Waals surface area contributed by atoms with Gasteiger partial charge in [-0.1, -0.05) is 13.8 Å². The average Bonchev–Trinajstić information content (AvgIpc) is 2.67. The first-order chi connectivity index (χ1) is 9.04. The Morgan fingerprint density at radius 3 is 2.89 bits per heavy atom. The molecule has 1 aromatic heterocycles. The highest BCUT2D eigenvalue weighted by atomic mass is 16.5. The second-order valence-electron chi connectivity index (χ2n) is 5.16. The zero-order chi connectivity index (χ0) is 14.3. The third-order valence-corrected chi connectivity index (χ3v) is 2.92. The molecule has 1 aromatic rings. The summed E-state index contributed by atoms with van der Waals surface area (Å²) in [6, 6.07) is 0. The number of nitrogens with zero attached hydrogens (tertiary/aromatic N) is 2. The summed E-state index contributed by atoms with van der Waals surface area (Å²) in [6.07, 6.45) is 3.19. The molecule has 1 rings (SSSR count). The van der Waals surface area contributed by atoms with Gasteiger partial charge in [-0.2, -0.15) is 0 Å². The van der Waals surface area contributed by atoms with E-state index in [4.69, 9.17) is 4.74 Å². The van der Waals surface area contributed by atoms with Crippen LogP contribution in [0.2, 0.25) is 0 Å². The van der Waals surface area contributed by atoms with E-state index in [9.17, 15) is 4.79 Å². The second-order valence-corrected chi connectivity index (χ2v) is 5.16. The first kappa shape index (κ1) is 15.7. The Hall–Kier alpha value is -1.36. The largest absolute Gasteiger partial charge is 0.383 e. The molecule has 0 atom stereocenters. The minimum Gasteiger partial charge on any atom is -0.383 e. The second kappa shape index (κ2) is 7.94. The van der Waals surface area contributed by atoms with E-state index in [1.807, 2.05) is 27.0 Å². The molecule has 0 radical (unpaired) electrons. The molecular weight excluding hydrogens is 242 g/mol. The molecule has 0 aliphatic rings. The van der Waals surface area contributed by atoms with Crippen molar-refractivity contribution >= 4 is 5.91 Å². The van der Waals surface area contributed by atoms with Gasteiger partial charge in [0.15, 0.2) is 0 Å². The number of carbonyl (C=O) groups excluding carboxylic acids is 1. The van der Waals surface area contributed by atoms with Crippen LogP contribution in [0.15, 0.2) is 6.20 Å². The first-order valence-corrected chi connectivity index (χ1v) is 6.81. The molecular formula is C14H25N3O2. The van der Waals surface area contributed by atoms with Crippen molar-refractivity contribution in [3.63, 3.8) is 0 Å². The molecule has 0 unspecified atom stereocenters. The predicted octanol–water partition coefficient (Wildman–Crippen LogP) is 1.54. The Bertz CT molecular complexity index is 399. The average molecular weight is 267 g/mol. The SMILES string of the molecule is COCCn1c(C)cnc1CCNC(=O)CC(C)C. The lowest BCUT2D eigenvalue weighted by molar-refractivity contribution is -0.121. The fraction of sp³-hybridized carbons (Fsp3) is 0.714. The number of amides is 1. The number of aromatic nitrogens is 2. The van der Waals surface area contributed by atoms with Gasteiger partial charge in [-0.25, -0.2) is 4.98 Å². The maximum Gasteiger partial charge on any atom is 0.220 e. The molecule has 0 saturated carbocycles. The molecule has 1 amide bonds. The van der Waals surface area contributed by atoms with Gasteiger partial charge in [-0.15, -0.1) is 0 Å². The summed E-state index contributed by atoms with van der Waals surface area (Å²) in [4.78, 5) is 15.9. The Morgan fingerprint density at radius 1 is 1.53 bits per heavy atom. The molecule has 0 aliphatic carbocycles. The van der Waals surface area contributed by atoms with Gasteiger partial charge in [-0.05, 0) is 12.8 Å². The molecule has 0 saturated heterocycles. The Labute approximate surface area is 115 Å². The van der Waals surface area contributed by atoms with Crippen molar-refractivity contribution in [2.24, 2.45) is 5.92 Å². The van der Waals surface area contributed by atoms with E-state index in [2.05, 4.69) is 14.9 Å². The smallest absolute Gasteiger partial charge is 0.220 e. The zero-order valence-electron chi connectivity index (χ0n) is 12.4. The van der Waals surface area contributed by atoms with Crippen molar-refractivity contribution in [3.8, 4) is 0 Å². The van der Waals surface area contributed by atoms with E-state index in [-0.39, 0.29) is 5.91 Å². The summed E-state index contributed by atoms with van der Waals surface area (Å²) in [5.41, 5.74) is 1.13. The van der Waals surface area contributed by atoms with Crippen LogP contribution in [-0.4, -0.2) is 35.7 Å². The third-order valence-electron chi connectivity index (χ3n) is 2.92. The van der Waals surface area contributed by atoms with E-state index < -0.39 is 0 Å². The fourth-order valence-corrected chi connectivity index (χ4v) is 1.96. The third kappa shape index (κ3) is 5.42. The van der Waals surface area contributed by atoms with Crippen molar-refractivity contribution in [1.82, 2.24) is 14.9 Å². The Balaban J connectivity index is 2.42. The number of methoxy groups -OCH3 is 1. The van der Waals surface area contributed by atoms with Crippen molar-refractivity contribution in [2.45, 2.75) is 40.2 Å². The topological polar surface area (TPSA) is 56.1 Å². The Morgan fingerprint density at radius 2 is 2.26 bits per heavy atom. The van der Waals surface area contributed by atoms with E-state index in [0.717, 1.165) is 24.5 Å². The lowest BCUT2D eigenvalue weighted by Crippen LogP contribution is -2.27. The van der Waals surface area contributed by atoms with Gasteiger partial charge >= 0.3 is 0 Å². The maximum atomic E-state index is 11.5. The fourth-order valence-electron chi connectivity index (χ4n) is 1.96. The molecule has 0 spiro atoms. The van der Waals surface area contributed by atoms with Crippen molar-refractivity contribution in [1.29, 1.82) is 0 Å². The standard InChI is InChI=1S/C14H25N3O2/c1-11(2)9-14(18)15-6-5-13-16-10-12(3)17(13)7-8-19-4/h10-11H,5-9H2,1-4H3,(H,15,18). The highest BCUT2D eigenvalue weighted by Gasteiger charge is 2.08. The van der Waals surface area contributed by atoms with Crippen molar-refractivity contribution in [3.05, 3.63) is 17.7 Å². The molecule has 19 heavy (non-hydrogen) atoms. The van der Waals surface area contributed by atoms with Crippen molar-refractivity contribution < 1.29 is 9.53 Å². The van der Waals surface area contributed by atoms with Gasteiger partial charge in [-0.3, -0.25) is 4.79 Å². The van der Waals surface area contributed by atoms with Crippen LogP contribution in [0.1, 0.15) is 31.8 Å². The number of aryl methyl sites for hydroxylation is 1. The molecule has 1 heterocycles. The minimum atomic E-state index is 0.113. The van der Waals surface area contributed by atoms with Crippen LogP contribution >= 0.6 is 0 Å². The monoisotopic (exact) mass is 267 g/mol. The predicted molar refractivity (Wildman–Crippen MR) is 75.0 cm³/mol. The number of hydrogen-bond acceptors (Lipinski definition) is 3. The van der Waals surface area contributed by atoms with Gasteiger partial charge in [0.2, 0.25) is 5.91 Å². The molecule has 0 aromatic carbocycles. The van der Waals surface area contributed by atoms with Crippen LogP contribution in [0.4, 0.5) is 0 Å². The maximum absolute atomic E-state index is 11.5. The minimum absolute atomic E-state index is 0.113. The highest BCUT2D eigenvalue weighted by Crippen LogP contribution is 2.05. The van der Waals surface area contributed by atoms with Gasteiger partial charge in [0.05, 0.1) is 6.61 Å². The number of rotatable bonds is 8. The van der Waals surface area contributed by atoms with Crippen LogP contribution in [0.5, 0.6) is 0 Å². The molecule has 0 bridgehead atoms. The molecule has 5 nitrogen and oxygen atoms in total. The number of nitrogens with one attached hydrogen (secondary N) is 1. The van der Waals surface area contributed by atoms with Crippen LogP contribution in [-0.2, 0) is 22.5 Å². The summed E-state index contributed by atoms with van der Waals surface area (Å²) in [6.45, 7) is 8.22. The zero-order valence-corrected chi connectivity index (χ0v) is 12.4. The first-order valence-electron chi connectivity index (χ1n) is 6.81. The molecule has 5 heteroatoms. The summed E-state index contributed by atoms with van der Waals surface area (Å²) < 4.78 is 7.23. The number of ether oxygens (including phenoxy) is 1. The van der Waals surface area contributed by atoms with Crippen LogP contribution in [0, 0.1) is 12.8 Å². The van der Waals surface area contributed by atoms with E-state index in [1.54, 1.807) is 7.11 Å². The number of hydrogen-bond donors (Lipinski definition) is 1. The normalized spacial score (nSPS) is 11.0. The van der Waals surface area contributed by atoms with E-state index >= 15 is 0 Å². The summed E-state index contributed by atoms with van der Waals surface area (Å²) in [5, 5.41) is 2.93. The van der Waals surface area contributed by atoms with Crippen molar-refractivity contribution in [2.75, 3.05) is 20.3 Å². The molecule has 1 N–H and O–H groups in total. The summed E-state index contributed by atoms with van der Waals surface area (Å²) in [5.74, 6) is 1.51. The lowest BCUT2D eigenvalue weighted by Gasteiger charge is -2.10. The van der Waals surface area contributed by atoms with Crippen LogP contribution < -0.4 is 5.32 Å². The number of imidazole rings is 1. The molecule has 108 valence electrons. The van der Waals surface area contributed by atoms with Gasteiger partial charge in [0.1, 0.15) is 5.82 Å². The van der Waals surface area contributed by atoms with Crippen LogP contribution in [0.25, 0.3) is 0 Å². The Kier molecular flexibility index (Phi) is 6.56. The van der Waals surface area contributed by atoms with E-state index in [0.29, 0.717) is 25.5 Å². The molecule has 0 fully saturated rings. The van der Waals surface area contributed by atoms with Gasteiger partial charge in [0, 0.05) is 44.9 Å². The van der Waals surface area contributed by atoms with E-state index in [1.165, 1.54) is 0 Å². The molecule has 0 aliphatic heterocycles. The summed E-state index contributed by atoms with van der Waals surface area (Å²) in [7, 11) is 1.69. The quantitative estimate of drug-likeness (QED) is 0.777. The number of carbonyl (C=O) groups is 1. The lowest BCUT2D eigenvalue weighted by atomic mass is 10.1. The highest BCUT2D eigenvalue weighted by molar-refractivity contribution is 5.75.